The summed E-state index contributed by atoms with van der Waals surface area (Å²) in [5, 5.41) is 10.4. The van der Waals surface area contributed by atoms with Crippen molar-refractivity contribution in [2.45, 2.75) is 6.10 Å². The molecule has 1 fully saturated rings. The molecule has 2 N–H and O–H groups in total. The van der Waals surface area contributed by atoms with E-state index >= 15 is 0 Å². The monoisotopic (exact) mass is 322 g/mol. The predicted molar refractivity (Wildman–Crippen MR) is 96.1 cm³/mol. The maximum atomic E-state index is 10.4. The normalized spacial score (nSPS) is 17.3. The van der Waals surface area contributed by atoms with Gasteiger partial charge in [-0.05, 0) is 17.7 Å². The second kappa shape index (κ2) is 6.63. The minimum Gasteiger partial charge on any atom is -0.387 e. The molecule has 5 heteroatoms. The Bertz CT molecular complexity index is 760. The van der Waals surface area contributed by atoms with Crippen LogP contribution in [0.15, 0.2) is 54.6 Å². The molecule has 1 aliphatic rings. The van der Waals surface area contributed by atoms with Gasteiger partial charge in [-0.1, -0.05) is 42.5 Å². The van der Waals surface area contributed by atoms with Crippen LogP contribution in [0.4, 0.5) is 5.95 Å². The van der Waals surface area contributed by atoms with Gasteiger partial charge in [0.25, 0.3) is 0 Å². The van der Waals surface area contributed by atoms with Crippen LogP contribution in [0.2, 0.25) is 0 Å². The Kier molecular flexibility index (Phi) is 4.19. The molecule has 3 aromatic rings. The number of benzene rings is 2. The molecule has 1 atom stereocenters. The van der Waals surface area contributed by atoms with Gasteiger partial charge >= 0.3 is 0 Å². The van der Waals surface area contributed by atoms with E-state index in [4.69, 9.17) is 0 Å². The first kappa shape index (κ1) is 15.2. The van der Waals surface area contributed by atoms with Crippen LogP contribution in [0.5, 0.6) is 0 Å². The van der Waals surface area contributed by atoms with E-state index in [0.717, 1.165) is 48.7 Å². The molecule has 2 aromatic carbocycles. The smallest absolute Gasteiger partial charge is 0.203 e. The van der Waals surface area contributed by atoms with Crippen LogP contribution in [0.3, 0.4) is 0 Å². The lowest BCUT2D eigenvalue weighted by molar-refractivity contribution is 0.109. The molecule has 0 aliphatic carbocycles. The van der Waals surface area contributed by atoms with Gasteiger partial charge < -0.3 is 15.0 Å². The molecule has 5 nitrogen and oxygen atoms in total. The number of imidazole rings is 1. The Morgan fingerprint density at radius 1 is 0.958 bits per heavy atom. The summed E-state index contributed by atoms with van der Waals surface area (Å²) in [5.74, 6) is 0.944. The van der Waals surface area contributed by atoms with E-state index in [1.807, 2.05) is 48.5 Å². The topological polar surface area (TPSA) is 55.4 Å². The molecule has 1 aliphatic heterocycles. The summed E-state index contributed by atoms with van der Waals surface area (Å²) >= 11 is 0. The van der Waals surface area contributed by atoms with Crippen LogP contribution >= 0.6 is 0 Å². The fourth-order valence-corrected chi connectivity index (χ4v) is 3.26. The molecular weight excluding hydrogens is 300 g/mol. The van der Waals surface area contributed by atoms with Gasteiger partial charge in [-0.25, -0.2) is 4.98 Å². The van der Waals surface area contributed by atoms with Gasteiger partial charge in [0.2, 0.25) is 5.95 Å². The Morgan fingerprint density at radius 3 is 2.42 bits per heavy atom. The summed E-state index contributed by atoms with van der Waals surface area (Å²) in [7, 11) is 0. The average Bonchev–Trinajstić information content (AvgIpc) is 3.07. The van der Waals surface area contributed by atoms with E-state index in [1.54, 1.807) is 0 Å². The van der Waals surface area contributed by atoms with Crippen molar-refractivity contribution < 1.29 is 5.11 Å². The number of β-amino-alcohol motifs (C(OH)–C–C–N with tert-alkyl or cyclic N) is 1. The van der Waals surface area contributed by atoms with Gasteiger partial charge in [0.1, 0.15) is 0 Å². The summed E-state index contributed by atoms with van der Waals surface area (Å²) in [6.45, 7) is 4.38. The number of para-hydroxylation sites is 2. The van der Waals surface area contributed by atoms with Crippen molar-refractivity contribution >= 4 is 17.0 Å². The van der Waals surface area contributed by atoms with Crippen molar-refractivity contribution in [3.63, 3.8) is 0 Å². The zero-order valence-corrected chi connectivity index (χ0v) is 13.6. The van der Waals surface area contributed by atoms with Crippen LogP contribution in [0.25, 0.3) is 11.0 Å². The third kappa shape index (κ3) is 3.13. The number of hydrogen-bond acceptors (Lipinski definition) is 4. The highest BCUT2D eigenvalue weighted by Crippen LogP contribution is 2.19. The van der Waals surface area contributed by atoms with E-state index in [9.17, 15) is 5.11 Å². The molecular formula is C19H22N4O. The summed E-state index contributed by atoms with van der Waals surface area (Å²) in [6.07, 6.45) is -0.427. The summed E-state index contributed by atoms with van der Waals surface area (Å²) in [5.41, 5.74) is 3.07. The number of aromatic amines is 1. The number of aliphatic hydroxyl groups is 1. The number of piperazine rings is 1. The highest BCUT2D eigenvalue weighted by molar-refractivity contribution is 5.77. The number of nitrogens with zero attached hydrogens (tertiary/aromatic N) is 3. The molecule has 1 saturated heterocycles. The highest BCUT2D eigenvalue weighted by Gasteiger charge is 2.21. The van der Waals surface area contributed by atoms with Crippen molar-refractivity contribution in [1.82, 2.24) is 14.9 Å². The first-order valence-electron chi connectivity index (χ1n) is 8.45. The summed E-state index contributed by atoms with van der Waals surface area (Å²) < 4.78 is 0. The minimum absolute atomic E-state index is 0.427. The lowest BCUT2D eigenvalue weighted by atomic mass is 10.1. The second-order valence-corrected chi connectivity index (χ2v) is 6.29. The lowest BCUT2D eigenvalue weighted by Gasteiger charge is -2.35. The third-order valence-electron chi connectivity index (χ3n) is 4.66. The minimum atomic E-state index is -0.427. The lowest BCUT2D eigenvalue weighted by Crippen LogP contribution is -2.47. The van der Waals surface area contributed by atoms with Crippen molar-refractivity contribution in [3.05, 3.63) is 60.2 Å². The van der Waals surface area contributed by atoms with Gasteiger partial charge in [0.05, 0.1) is 17.1 Å². The SMILES string of the molecule is OC(CN1CCN(c2nc3ccccc3[nH]2)CC1)c1ccccc1. The van der Waals surface area contributed by atoms with Crippen LogP contribution in [0.1, 0.15) is 11.7 Å². The zero-order valence-electron chi connectivity index (χ0n) is 13.6. The standard InChI is InChI=1S/C19H22N4O/c24-18(15-6-2-1-3-7-15)14-22-10-12-23(13-11-22)19-20-16-8-4-5-9-17(16)21-19/h1-9,18,24H,10-14H2,(H,20,21). The van der Waals surface area contributed by atoms with E-state index < -0.39 is 6.10 Å². The fourth-order valence-electron chi connectivity index (χ4n) is 3.26. The van der Waals surface area contributed by atoms with Crippen LogP contribution in [-0.4, -0.2) is 52.7 Å². The largest absolute Gasteiger partial charge is 0.387 e. The number of rotatable bonds is 4. The van der Waals surface area contributed by atoms with E-state index in [0.29, 0.717) is 6.54 Å². The first-order valence-corrected chi connectivity index (χ1v) is 8.45. The van der Waals surface area contributed by atoms with Crippen LogP contribution in [-0.2, 0) is 0 Å². The van der Waals surface area contributed by atoms with Gasteiger partial charge in [-0.3, -0.25) is 4.90 Å². The van der Waals surface area contributed by atoms with Gasteiger partial charge in [0, 0.05) is 32.7 Å². The molecule has 0 amide bonds. The van der Waals surface area contributed by atoms with Crippen molar-refractivity contribution in [1.29, 1.82) is 0 Å². The zero-order chi connectivity index (χ0) is 16.4. The molecule has 24 heavy (non-hydrogen) atoms. The maximum absolute atomic E-state index is 10.4. The maximum Gasteiger partial charge on any atom is 0.203 e. The first-order chi connectivity index (χ1) is 11.8. The fraction of sp³-hybridized carbons (Fsp3) is 0.316. The number of nitrogens with one attached hydrogen (secondary N) is 1. The summed E-state index contributed by atoms with van der Waals surface area (Å²) in [4.78, 5) is 12.7. The van der Waals surface area contributed by atoms with Gasteiger partial charge in [-0.15, -0.1) is 0 Å². The average molecular weight is 322 g/mol. The molecule has 1 unspecified atom stereocenters. The molecule has 124 valence electrons. The van der Waals surface area contributed by atoms with Crippen LogP contribution in [0, 0.1) is 0 Å². The number of anilines is 1. The number of fused-ring (bicyclic) bond motifs is 1. The van der Waals surface area contributed by atoms with E-state index in [2.05, 4.69) is 25.8 Å². The van der Waals surface area contributed by atoms with E-state index in [-0.39, 0.29) is 0 Å². The number of aromatic nitrogens is 2. The Morgan fingerprint density at radius 2 is 1.67 bits per heavy atom. The van der Waals surface area contributed by atoms with Crippen molar-refractivity contribution in [2.24, 2.45) is 0 Å². The number of H-pyrrole nitrogens is 1. The molecule has 0 spiro atoms. The van der Waals surface area contributed by atoms with Crippen LogP contribution < -0.4 is 4.90 Å². The quantitative estimate of drug-likeness (QED) is 0.774. The molecule has 0 bridgehead atoms. The summed E-state index contributed by atoms with van der Waals surface area (Å²) in [6, 6.07) is 18.0. The van der Waals surface area contributed by atoms with Gasteiger partial charge in [0.15, 0.2) is 0 Å². The molecule has 0 radical (unpaired) electrons. The highest BCUT2D eigenvalue weighted by atomic mass is 16.3. The van der Waals surface area contributed by atoms with Crippen molar-refractivity contribution in [3.8, 4) is 0 Å². The second-order valence-electron chi connectivity index (χ2n) is 6.29. The molecule has 4 rings (SSSR count). The molecule has 0 saturated carbocycles. The molecule has 1 aromatic heterocycles. The predicted octanol–water partition coefficient (Wildman–Crippen LogP) is 2.42. The van der Waals surface area contributed by atoms with E-state index in [1.165, 1.54) is 0 Å². The Balaban J connectivity index is 1.36. The Hall–Kier alpha value is -2.37. The van der Waals surface area contributed by atoms with Crippen molar-refractivity contribution in [2.75, 3.05) is 37.6 Å². The number of hydrogen-bond donors (Lipinski definition) is 2. The Labute approximate surface area is 141 Å². The van der Waals surface area contributed by atoms with Gasteiger partial charge in [-0.2, -0.15) is 0 Å². The third-order valence-corrected chi connectivity index (χ3v) is 4.66. The molecule has 2 heterocycles. The number of aliphatic hydroxyl groups excluding tert-OH is 1.